The van der Waals surface area contributed by atoms with Crippen molar-refractivity contribution in [1.82, 2.24) is 15.1 Å². The normalized spacial score (nSPS) is 12.6. The van der Waals surface area contributed by atoms with Crippen molar-refractivity contribution in [3.63, 3.8) is 0 Å². The molecule has 0 bridgehead atoms. The molecule has 1 aliphatic rings. The summed E-state index contributed by atoms with van der Waals surface area (Å²) in [6, 6.07) is 13.0. The van der Waals surface area contributed by atoms with E-state index in [0.717, 1.165) is 28.5 Å². The average Bonchev–Trinajstić information content (AvgIpc) is 3.39. The maximum Gasteiger partial charge on any atom is 0.314 e. The van der Waals surface area contributed by atoms with Crippen LogP contribution in [-0.2, 0) is 27.6 Å². The largest absolute Gasteiger partial charge is 0.467 e. The Labute approximate surface area is 153 Å². The number of benzene rings is 1. The van der Waals surface area contributed by atoms with Gasteiger partial charge in [-0.1, -0.05) is 18.2 Å². The minimum Gasteiger partial charge on any atom is -0.467 e. The summed E-state index contributed by atoms with van der Waals surface area (Å²) in [4.78, 5) is 24.5. The monoisotopic (exact) mass is 368 g/mol. The van der Waals surface area contributed by atoms with Gasteiger partial charge in [-0.3, -0.25) is 9.59 Å². The zero-order chi connectivity index (χ0) is 17.9. The Bertz CT molecular complexity index is 935. The van der Waals surface area contributed by atoms with Crippen molar-refractivity contribution in [2.45, 2.75) is 18.1 Å². The van der Waals surface area contributed by atoms with Crippen molar-refractivity contribution in [1.29, 1.82) is 0 Å². The molecule has 7 nitrogen and oxygen atoms in total. The molecule has 132 valence electrons. The lowest BCUT2D eigenvalue weighted by atomic mass is 10.2. The van der Waals surface area contributed by atoms with E-state index in [-0.39, 0.29) is 6.54 Å². The van der Waals surface area contributed by atoms with Crippen LogP contribution >= 0.6 is 11.8 Å². The summed E-state index contributed by atoms with van der Waals surface area (Å²) in [7, 11) is 0. The predicted octanol–water partition coefficient (Wildman–Crippen LogP) is 2.47. The van der Waals surface area contributed by atoms with Gasteiger partial charge in [0.05, 0.1) is 24.2 Å². The summed E-state index contributed by atoms with van der Waals surface area (Å²) in [6.45, 7) is 0.158. The number of nitrogens with zero attached hydrogens (tertiary/aromatic N) is 2. The number of fused-ring (bicyclic) bond motifs is 1. The fraction of sp³-hybridized carbons (Fsp3) is 0.167. The van der Waals surface area contributed by atoms with E-state index in [9.17, 15) is 9.59 Å². The van der Waals surface area contributed by atoms with E-state index in [2.05, 4.69) is 15.7 Å². The molecule has 0 aliphatic carbocycles. The molecule has 0 atom stereocenters. The van der Waals surface area contributed by atoms with Crippen molar-refractivity contribution in [2.75, 3.05) is 5.32 Å². The smallest absolute Gasteiger partial charge is 0.314 e. The van der Waals surface area contributed by atoms with Crippen molar-refractivity contribution in [2.24, 2.45) is 0 Å². The number of hydrogen-bond donors (Lipinski definition) is 2. The standard InChI is InChI=1S/C18H16N4O3S/c23-17(19-9-13-7-4-8-25-13)18(24)20-16-14-10-26-11-15(14)21-22(16)12-5-2-1-3-6-12/h1-8H,9-11H2,(H,19,23)(H,20,24). The fourth-order valence-electron chi connectivity index (χ4n) is 2.72. The Morgan fingerprint density at radius 1 is 1.12 bits per heavy atom. The minimum absolute atomic E-state index is 0.158. The van der Waals surface area contributed by atoms with Crippen LogP contribution in [0.5, 0.6) is 0 Å². The third-order valence-corrected chi connectivity index (χ3v) is 4.96. The Hall–Kier alpha value is -3.00. The van der Waals surface area contributed by atoms with Gasteiger partial charge in [-0.05, 0) is 24.3 Å². The second-order valence-electron chi connectivity index (χ2n) is 5.73. The van der Waals surface area contributed by atoms with Gasteiger partial charge in [0.1, 0.15) is 11.6 Å². The molecule has 0 saturated heterocycles. The molecular formula is C18H16N4O3S. The summed E-state index contributed by atoms with van der Waals surface area (Å²) >= 11 is 1.73. The van der Waals surface area contributed by atoms with Crippen LogP contribution in [0.1, 0.15) is 17.0 Å². The number of hydrogen-bond acceptors (Lipinski definition) is 5. The van der Waals surface area contributed by atoms with Crippen LogP contribution in [0.2, 0.25) is 0 Å². The highest BCUT2D eigenvalue weighted by Gasteiger charge is 2.26. The van der Waals surface area contributed by atoms with E-state index in [1.165, 1.54) is 6.26 Å². The van der Waals surface area contributed by atoms with E-state index in [1.807, 2.05) is 30.3 Å². The van der Waals surface area contributed by atoms with Gasteiger partial charge in [-0.25, -0.2) is 4.68 Å². The molecule has 2 aromatic heterocycles. The zero-order valence-corrected chi connectivity index (χ0v) is 14.6. The van der Waals surface area contributed by atoms with E-state index in [1.54, 1.807) is 28.6 Å². The van der Waals surface area contributed by atoms with Crippen molar-refractivity contribution in [3.05, 3.63) is 65.7 Å². The number of carbonyl (C=O) groups excluding carboxylic acids is 2. The number of aromatic nitrogens is 2. The highest BCUT2D eigenvalue weighted by molar-refractivity contribution is 7.98. The molecule has 0 radical (unpaired) electrons. The molecule has 2 N–H and O–H groups in total. The molecule has 26 heavy (non-hydrogen) atoms. The second-order valence-corrected chi connectivity index (χ2v) is 6.72. The molecule has 3 heterocycles. The highest BCUT2D eigenvalue weighted by atomic mass is 32.2. The lowest BCUT2D eigenvalue weighted by Crippen LogP contribution is -2.35. The first kappa shape index (κ1) is 16.5. The molecule has 4 rings (SSSR count). The van der Waals surface area contributed by atoms with Gasteiger partial charge in [0, 0.05) is 17.1 Å². The van der Waals surface area contributed by atoms with Gasteiger partial charge in [0.25, 0.3) is 0 Å². The first-order valence-electron chi connectivity index (χ1n) is 8.08. The van der Waals surface area contributed by atoms with Gasteiger partial charge in [-0.15, -0.1) is 0 Å². The molecule has 0 fully saturated rings. The number of carbonyl (C=O) groups is 2. The molecule has 1 aromatic carbocycles. The van der Waals surface area contributed by atoms with Crippen LogP contribution in [0.15, 0.2) is 53.1 Å². The SMILES string of the molecule is O=C(NCc1ccco1)C(=O)Nc1c2c(nn1-c1ccccc1)CSC2. The molecule has 2 amide bonds. The molecule has 1 aliphatic heterocycles. The number of thioether (sulfide) groups is 1. The van der Waals surface area contributed by atoms with Crippen LogP contribution in [-0.4, -0.2) is 21.6 Å². The Morgan fingerprint density at radius 3 is 2.73 bits per heavy atom. The summed E-state index contributed by atoms with van der Waals surface area (Å²) in [6.07, 6.45) is 1.51. The molecule has 8 heteroatoms. The predicted molar refractivity (Wildman–Crippen MR) is 97.7 cm³/mol. The quantitative estimate of drug-likeness (QED) is 0.691. The summed E-state index contributed by atoms with van der Waals surface area (Å²) in [5.74, 6) is 1.23. The summed E-state index contributed by atoms with van der Waals surface area (Å²) < 4.78 is 6.83. The van der Waals surface area contributed by atoms with E-state index < -0.39 is 11.8 Å². The third-order valence-electron chi connectivity index (χ3n) is 3.99. The topological polar surface area (TPSA) is 89.2 Å². The zero-order valence-electron chi connectivity index (χ0n) is 13.8. The maximum atomic E-state index is 12.4. The molecule has 0 spiro atoms. The van der Waals surface area contributed by atoms with Gasteiger partial charge >= 0.3 is 11.8 Å². The lowest BCUT2D eigenvalue weighted by molar-refractivity contribution is -0.136. The number of nitrogens with one attached hydrogen (secondary N) is 2. The number of furan rings is 1. The van der Waals surface area contributed by atoms with E-state index >= 15 is 0 Å². The van der Waals surface area contributed by atoms with Gasteiger partial charge in [-0.2, -0.15) is 16.9 Å². The van der Waals surface area contributed by atoms with Crippen LogP contribution in [0.3, 0.4) is 0 Å². The van der Waals surface area contributed by atoms with E-state index in [0.29, 0.717) is 11.6 Å². The van der Waals surface area contributed by atoms with Crippen molar-refractivity contribution in [3.8, 4) is 5.69 Å². The van der Waals surface area contributed by atoms with Crippen LogP contribution in [0.4, 0.5) is 5.82 Å². The Morgan fingerprint density at radius 2 is 1.96 bits per heavy atom. The third kappa shape index (κ3) is 3.23. The van der Waals surface area contributed by atoms with Crippen molar-refractivity contribution >= 4 is 29.4 Å². The number of rotatable bonds is 4. The summed E-state index contributed by atoms with van der Waals surface area (Å²) in [5, 5.41) is 9.86. The first-order valence-corrected chi connectivity index (χ1v) is 9.23. The number of amides is 2. The number of anilines is 1. The van der Waals surface area contributed by atoms with E-state index in [4.69, 9.17) is 4.42 Å². The second kappa shape index (κ2) is 7.09. The van der Waals surface area contributed by atoms with Crippen molar-refractivity contribution < 1.29 is 14.0 Å². The fourth-order valence-corrected chi connectivity index (χ4v) is 3.76. The average molecular weight is 368 g/mol. The Kier molecular flexibility index (Phi) is 4.49. The number of para-hydroxylation sites is 1. The van der Waals surface area contributed by atoms with Crippen LogP contribution in [0, 0.1) is 0 Å². The minimum atomic E-state index is -0.728. The van der Waals surface area contributed by atoms with Gasteiger partial charge in [0.2, 0.25) is 0 Å². The maximum absolute atomic E-state index is 12.4. The molecular weight excluding hydrogens is 352 g/mol. The highest BCUT2D eigenvalue weighted by Crippen LogP contribution is 2.35. The van der Waals surface area contributed by atoms with Crippen LogP contribution < -0.4 is 10.6 Å². The van der Waals surface area contributed by atoms with Crippen LogP contribution in [0.25, 0.3) is 5.69 Å². The Balaban J connectivity index is 1.53. The molecule has 0 saturated carbocycles. The molecule has 3 aromatic rings. The first-order chi connectivity index (χ1) is 12.7. The summed E-state index contributed by atoms with van der Waals surface area (Å²) in [5.41, 5.74) is 2.73. The molecule has 0 unspecified atom stereocenters. The lowest BCUT2D eigenvalue weighted by Gasteiger charge is -2.10. The van der Waals surface area contributed by atoms with Gasteiger partial charge < -0.3 is 15.1 Å². The van der Waals surface area contributed by atoms with Gasteiger partial charge in [0.15, 0.2) is 0 Å².